The Balaban J connectivity index is 1.79. The van der Waals surface area contributed by atoms with E-state index in [2.05, 4.69) is 42.8 Å². The van der Waals surface area contributed by atoms with Gasteiger partial charge < -0.3 is 0 Å². The Bertz CT molecular complexity index is 785. The van der Waals surface area contributed by atoms with E-state index >= 15 is 0 Å². The summed E-state index contributed by atoms with van der Waals surface area (Å²) in [5.74, 6) is 1.31. The molecular weight excluding hydrogens is 364 g/mol. The molecule has 2 heterocycles. The molecule has 24 heavy (non-hydrogen) atoms. The molecule has 0 bridgehead atoms. The van der Waals surface area contributed by atoms with E-state index < -0.39 is 0 Å². The number of hydrogen-bond donors (Lipinski definition) is 0. The Morgan fingerprint density at radius 2 is 1.62 bits per heavy atom. The third kappa shape index (κ3) is 4.23. The lowest BCUT2D eigenvalue weighted by Crippen LogP contribution is -1.97. The number of unbranched alkanes of at least 4 members (excludes halogenated alkanes) is 2. The van der Waals surface area contributed by atoms with E-state index in [0.717, 1.165) is 22.2 Å². The molecule has 122 valence electrons. The first-order valence-corrected chi connectivity index (χ1v) is 8.96. The van der Waals surface area contributed by atoms with Gasteiger partial charge in [-0.25, -0.2) is 19.9 Å². The first-order valence-electron chi connectivity index (χ1n) is 8.16. The Morgan fingerprint density at radius 3 is 2.33 bits per heavy atom. The molecule has 0 unspecified atom stereocenters. The Hall–Kier alpha value is -2.14. The van der Waals surface area contributed by atoms with Crippen LogP contribution in [-0.4, -0.2) is 19.9 Å². The number of aryl methyl sites for hydroxylation is 1. The van der Waals surface area contributed by atoms with Crippen LogP contribution in [0.1, 0.15) is 31.7 Å². The monoisotopic (exact) mass is 382 g/mol. The highest BCUT2D eigenvalue weighted by Gasteiger charge is 2.07. The third-order valence-corrected chi connectivity index (χ3v) is 4.29. The van der Waals surface area contributed by atoms with Crippen molar-refractivity contribution in [2.45, 2.75) is 32.6 Å². The molecular formula is C19H19BrN4. The molecule has 1 aromatic carbocycles. The predicted octanol–water partition coefficient (Wildman–Crippen LogP) is 5.10. The van der Waals surface area contributed by atoms with Crippen molar-refractivity contribution in [3.05, 3.63) is 59.0 Å². The maximum atomic E-state index is 4.60. The maximum absolute atomic E-state index is 4.60. The van der Waals surface area contributed by atoms with Gasteiger partial charge in [-0.15, -0.1) is 0 Å². The van der Waals surface area contributed by atoms with Gasteiger partial charge in [-0.1, -0.05) is 47.8 Å². The van der Waals surface area contributed by atoms with Crippen LogP contribution in [0.25, 0.3) is 22.9 Å². The van der Waals surface area contributed by atoms with Crippen molar-refractivity contribution in [3.63, 3.8) is 0 Å². The van der Waals surface area contributed by atoms with Gasteiger partial charge in [0.2, 0.25) is 0 Å². The molecule has 3 aromatic rings. The van der Waals surface area contributed by atoms with Crippen LogP contribution in [0.4, 0.5) is 0 Å². The van der Waals surface area contributed by atoms with E-state index in [1.165, 1.54) is 24.8 Å². The molecule has 0 atom stereocenters. The number of rotatable bonds is 6. The van der Waals surface area contributed by atoms with Gasteiger partial charge in [0.05, 0.1) is 0 Å². The van der Waals surface area contributed by atoms with E-state index in [0.29, 0.717) is 11.6 Å². The summed E-state index contributed by atoms with van der Waals surface area (Å²) in [6.45, 7) is 2.21. The van der Waals surface area contributed by atoms with Crippen molar-refractivity contribution in [2.75, 3.05) is 0 Å². The molecule has 0 saturated carbocycles. The molecule has 0 aliphatic rings. The lowest BCUT2D eigenvalue weighted by Gasteiger charge is -2.04. The molecule has 0 fully saturated rings. The van der Waals surface area contributed by atoms with Crippen LogP contribution in [0.3, 0.4) is 0 Å². The van der Waals surface area contributed by atoms with Crippen LogP contribution in [0.15, 0.2) is 53.4 Å². The van der Waals surface area contributed by atoms with Gasteiger partial charge in [0, 0.05) is 28.6 Å². The van der Waals surface area contributed by atoms with Crippen molar-refractivity contribution in [3.8, 4) is 22.9 Å². The molecule has 2 aromatic heterocycles. The highest BCUT2D eigenvalue weighted by atomic mass is 79.9. The smallest absolute Gasteiger partial charge is 0.178 e. The predicted molar refractivity (Wildman–Crippen MR) is 99.4 cm³/mol. The van der Waals surface area contributed by atoms with Crippen molar-refractivity contribution >= 4 is 15.9 Å². The second-order valence-electron chi connectivity index (χ2n) is 5.64. The average Bonchev–Trinajstić information content (AvgIpc) is 2.63. The third-order valence-electron chi connectivity index (χ3n) is 3.76. The molecule has 4 nitrogen and oxygen atoms in total. The summed E-state index contributed by atoms with van der Waals surface area (Å²) >= 11 is 3.44. The lowest BCUT2D eigenvalue weighted by atomic mass is 10.1. The molecule has 0 saturated heterocycles. The van der Waals surface area contributed by atoms with Gasteiger partial charge in [0.15, 0.2) is 11.6 Å². The van der Waals surface area contributed by atoms with Crippen molar-refractivity contribution in [2.24, 2.45) is 0 Å². The zero-order valence-electron chi connectivity index (χ0n) is 13.6. The molecule has 0 aliphatic heterocycles. The van der Waals surface area contributed by atoms with E-state index in [9.17, 15) is 0 Å². The van der Waals surface area contributed by atoms with Crippen LogP contribution in [0, 0.1) is 0 Å². The van der Waals surface area contributed by atoms with E-state index in [1.807, 2.05) is 42.7 Å². The number of benzene rings is 1. The van der Waals surface area contributed by atoms with Gasteiger partial charge in [0.1, 0.15) is 5.69 Å². The topological polar surface area (TPSA) is 51.6 Å². The maximum Gasteiger partial charge on any atom is 0.178 e. The van der Waals surface area contributed by atoms with Gasteiger partial charge in [-0.05, 0) is 36.6 Å². The summed E-state index contributed by atoms with van der Waals surface area (Å²) in [4.78, 5) is 17.9. The van der Waals surface area contributed by atoms with Crippen molar-refractivity contribution < 1.29 is 0 Å². The highest BCUT2D eigenvalue weighted by molar-refractivity contribution is 9.10. The number of hydrogen-bond acceptors (Lipinski definition) is 4. The minimum atomic E-state index is 0.634. The zero-order chi connectivity index (χ0) is 16.8. The normalized spacial score (nSPS) is 10.8. The first kappa shape index (κ1) is 16.7. The molecule has 5 heteroatoms. The number of aromatic nitrogens is 4. The summed E-state index contributed by atoms with van der Waals surface area (Å²) in [6.07, 6.45) is 10.2. The minimum Gasteiger partial charge on any atom is -0.237 e. The molecule has 0 N–H and O–H groups in total. The first-order chi connectivity index (χ1) is 11.8. The van der Waals surface area contributed by atoms with Gasteiger partial charge >= 0.3 is 0 Å². The fourth-order valence-electron chi connectivity index (χ4n) is 2.42. The van der Waals surface area contributed by atoms with Crippen LogP contribution in [0.2, 0.25) is 0 Å². The summed E-state index contributed by atoms with van der Waals surface area (Å²) in [6, 6.07) is 9.77. The minimum absolute atomic E-state index is 0.634. The van der Waals surface area contributed by atoms with E-state index in [4.69, 9.17) is 0 Å². The highest BCUT2D eigenvalue weighted by Crippen LogP contribution is 2.20. The number of halogens is 1. The lowest BCUT2D eigenvalue weighted by molar-refractivity contribution is 0.714. The zero-order valence-corrected chi connectivity index (χ0v) is 15.2. The van der Waals surface area contributed by atoms with Gasteiger partial charge in [-0.2, -0.15) is 0 Å². The van der Waals surface area contributed by atoms with Crippen molar-refractivity contribution in [1.29, 1.82) is 0 Å². The summed E-state index contributed by atoms with van der Waals surface area (Å²) < 4.78 is 1.03. The Morgan fingerprint density at radius 1 is 0.875 bits per heavy atom. The van der Waals surface area contributed by atoms with Crippen LogP contribution in [-0.2, 0) is 6.42 Å². The fraction of sp³-hybridized carbons (Fsp3) is 0.263. The molecule has 0 radical (unpaired) electrons. The quantitative estimate of drug-likeness (QED) is 0.556. The molecule has 3 rings (SSSR count). The summed E-state index contributed by atoms with van der Waals surface area (Å²) in [5, 5.41) is 0. The fourth-order valence-corrected chi connectivity index (χ4v) is 2.68. The average molecular weight is 383 g/mol. The molecule has 0 amide bonds. The van der Waals surface area contributed by atoms with Gasteiger partial charge in [-0.3, -0.25) is 0 Å². The Kier molecular flexibility index (Phi) is 5.64. The second-order valence-corrected chi connectivity index (χ2v) is 6.56. The molecule has 0 spiro atoms. The Labute approximate surface area is 150 Å². The van der Waals surface area contributed by atoms with Crippen LogP contribution in [0.5, 0.6) is 0 Å². The van der Waals surface area contributed by atoms with E-state index in [-0.39, 0.29) is 0 Å². The number of nitrogens with zero attached hydrogens (tertiary/aromatic N) is 4. The summed E-state index contributed by atoms with van der Waals surface area (Å²) in [7, 11) is 0. The largest absolute Gasteiger partial charge is 0.237 e. The standard InChI is InChI=1S/C19H19BrN4/c1-2-3-4-5-14-12-22-19(23-13-14)17-10-11-21-18(24-17)15-6-8-16(20)9-7-15/h6-13H,2-5H2,1H3. The second kappa shape index (κ2) is 8.11. The SMILES string of the molecule is CCCCCc1cnc(-c2ccnc(-c3ccc(Br)cc3)n2)nc1. The van der Waals surface area contributed by atoms with E-state index in [1.54, 1.807) is 6.20 Å². The van der Waals surface area contributed by atoms with Crippen molar-refractivity contribution in [1.82, 2.24) is 19.9 Å². The molecule has 0 aliphatic carbocycles. The van der Waals surface area contributed by atoms with Crippen LogP contribution >= 0.6 is 15.9 Å². The van der Waals surface area contributed by atoms with Gasteiger partial charge in [0.25, 0.3) is 0 Å². The van der Waals surface area contributed by atoms with Crippen LogP contribution < -0.4 is 0 Å². The summed E-state index contributed by atoms with van der Waals surface area (Å²) in [5.41, 5.74) is 2.88.